The minimum absolute atomic E-state index is 1.73. The van der Waals surface area contributed by atoms with E-state index in [1.807, 2.05) is 0 Å². The van der Waals surface area contributed by atoms with E-state index in [2.05, 4.69) is 44.1 Å². The molecule has 0 aromatic rings. The molecule has 0 spiro atoms. The molecule has 0 fully saturated rings. The summed E-state index contributed by atoms with van der Waals surface area (Å²) in [5, 5.41) is 0. The fraction of sp³-hybridized carbons (Fsp3) is 0.500. The van der Waals surface area contributed by atoms with Crippen LogP contribution in [-0.4, -0.2) is 18.4 Å². The molecule has 9 heavy (non-hydrogen) atoms. The third-order valence-corrected chi connectivity index (χ3v) is 8.00. The van der Waals surface area contributed by atoms with Gasteiger partial charge in [-0.05, 0) is 0 Å². The molecule has 0 atom stereocenters. The second kappa shape index (κ2) is 4.15. The SMILES string of the molecule is CC=[CH][Sn]([CH3])([CH3])[CH]=CC. The molecular weight excluding hydrogens is 215 g/mol. The first kappa shape index (κ1) is 9.28. The molecule has 0 aromatic carbocycles. The van der Waals surface area contributed by atoms with E-state index >= 15 is 0 Å². The molecule has 1 heteroatoms. The molecule has 0 rings (SSSR count). The van der Waals surface area contributed by atoms with E-state index in [1.54, 1.807) is 0 Å². The van der Waals surface area contributed by atoms with Gasteiger partial charge in [-0.3, -0.25) is 0 Å². The van der Waals surface area contributed by atoms with Gasteiger partial charge in [0.15, 0.2) is 0 Å². The van der Waals surface area contributed by atoms with E-state index in [0.717, 1.165) is 0 Å². The summed E-state index contributed by atoms with van der Waals surface area (Å²) in [5.74, 6) is 0. The summed E-state index contributed by atoms with van der Waals surface area (Å²) in [6.07, 6.45) is 4.35. The summed E-state index contributed by atoms with van der Waals surface area (Å²) in [6, 6.07) is 0. The quantitative estimate of drug-likeness (QED) is 0.641. The van der Waals surface area contributed by atoms with Gasteiger partial charge in [-0.25, -0.2) is 0 Å². The topological polar surface area (TPSA) is 0 Å². The Balaban J connectivity index is 4.01. The Hall–Kier alpha value is 0.279. The summed E-state index contributed by atoms with van der Waals surface area (Å²) in [4.78, 5) is 4.80. The number of hydrogen-bond donors (Lipinski definition) is 0. The van der Waals surface area contributed by atoms with Crippen LogP contribution < -0.4 is 0 Å². The predicted octanol–water partition coefficient (Wildman–Crippen LogP) is 2.93. The average Bonchev–Trinajstić information content (AvgIpc) is 1.64. The molecule has 0 aliphatic heterocycles. The first-order valence-electron chi connectivity index (χ1n) is 3.40. The van der Waals surface area contributed by atoms with E-state index in [1.165, 1.54) is 0 Å². The van der Waals surface area contributed by atoms with Crippen LogP contribution in [0.2, 0.25) is 9.88 Å². The zero-order valence-corrected chi connectivity index (χ0v) is 9.66. The van der Waals surface area contributed by atoms with Crippen molar-refractivity contribution in [3.05, 3.63) is 20.3 Å². The van der Waals surface area contributed by atoms with Crippen LogP contribution in [0.3, 0.4) is 0 Å². The van der Waals surface area contributed by atoms with E-state index in [0.29, 0.717) is 0 Å². The Bertz CT molecular complexity index is 107. The molecule has 0 unspecified atom stereocenters. The zero-order valence-electron chi connectivity index (χ0n) is 6.81. The Morgan fingerprint density at radius 3 is 1.44 bits per heavy atom. The van der Waals surface area contributed by atoms with Crippen LogP contribution in [-0.2, 0) is 0 Å². The van der Waals surface area contributed by atoms with Gasteiger partial charge < -0.3 is 0 Å². The monoisotopic (exact) mass is 232 g/mol. The Labute approximate surface area is 62.5 Å². The normalized spacial score (nSPS) is 13.8. The van der Waals surface area contributed by atoms with Crippen LogP contribution in [0.4, 0.5) is 0 Å². The van der Waals surface area contributed by atoms with Crippen LogP contribution >= 0.6 is 0 Å². The molecule has 0 radical (unpaired) electrons. The van der Waals surface area contributed by atoms with Gasteiger partial charge in [0, 0.05) is 0 Å². The van der Waals surface area contributed by atoms with E-state index in [-0.39, 0.29) is 0 Å². The van der Waals surface area contributed by atoms with Gasteiger partial charge in [0.1, 0.15) is 0 Å². The second-order valence-electron chi connectivity index (χ2n) is 2.82. The predicted molar refractivity (Wildman–Crippen MR) is 47.1 cm³/mol. The van der Waals surface area contributed by atoms with Crippen molar-refractivity contribution in [2.24, 2.45) is 0 Å². The molecule has 0 bridgehead atoms. The molecule has 0 N–H and O–H groups in total. The molecule has 0 nitrogen and oxygen atoms in total. The molecule has 0 aromatic heterocycles. The molecular formula is C8H16Sn. The number of rotatable bonds is 2. The van der Waals surface area contributed by atoms with E-state index in [4.69, 9.17) is 0 Å². The maximum absolute atomic E-state index is 2.40. The number of hydrogen-bond acceptors (Lipinski definition) is 0. The van der Waals surface area contributed by atoms with Crippen LogP contribution in [0.15, 0.2) is 20.3 Å². The third-order valence-electron chi connectivity index (χ3n) is 1.19. The van der Waals surface area contributed by atoms with Gasteiger partial charge in [0.25, 0.3) is 0 Å². The summed E-state index contributed by atoms with van der Waals surface area (Å²) < 4.78 is 4.80. The van der Waals surface area contributed by atoms with Gasteiger partial charge in [0.2, 0.25) is 0 Å². The fourth-order valence-corrected chi connectivity index (χ4v) is 6.14. The van der Waals surface area contributed by atoms with Crippen molar-refractivity contribution in [2.45, 2.75) is 23.7 Å². The third kappa shape index (κ3) is 4.76. The van der Waals surface area contributed by atoms with Gasteiger partial charge in [-0.1, -0.05) is 0 Å². The molecule has 52 valence electrons. The second-order valence-corrected chi connectivity index (χ2v) is 15.1. The van der Waals surface area contributed by atoms with Crippen molar-refractivity contribution in [1.29, 1.82) is 0 Å². The molecule has 0 aliphatic rings. The van der Waals surface area contributed by atoms with Crippen molar-refractivity contribution >= 4 is 18.4 Å². The molecule has 0 amide bonds. The summed E-state index contributed by atoms with van der Waals surface area (Å²) in [5.41, 5.74) is 0. The van der Waals surface area contributed by atoms with Crippen molar-refractivity contribution in [2.75, 3.05) is 0 Å². The molecule has 0 heterocycles. The van der Waals surface area contributed by atoms with Crippen molar-refractivity contribution in [3.8, 4) is 0 Å². The summed E-state index contributed by atoms with van der Waals surface area (Å²) in [7, 11) is 0. The van der Waals surface area contributed by atoms with Crippen molar-refractivity contribution < 1.29 is 0 Å². The van der Waals surface area contributed by atoms with E-state index in [9.17, 15) is 0 Å². The number of allylic oxidation sites excluding steroid dienone is 2. The van der Waals surface area contributed by atoms with Crippen LogP contribution in [0, 0.1) is 0 Å². The van der Waals surface area contributed by atoms with Gasteiger partial charge in [-0.2, -0.15) is 0 Å². The van der Waals surface area contributed by atoms with Crippen LogP contribution in [0.25, 0.3) is 0 Å². The minimum atomic E-state index is -1.73. The van der Waals surface area contributed by atoms with Gasteiger partial charge in [0.05, 0.1) is 0 Å². The molecule has 0 saturated carbocycles. The fourth-order valence-electron chi connectivity index (χ4n) is 0.915. The van der Waals surface area contributed by atoms with Crippen molar-refractivity contribution in [1.82, 2.24) is 0 Å². The zero-order chi connectivity index (χ0) is 7.33. The van der Waals surface area contributed by atoms with Crippen LogP contribution in [0.1, 0.15) is 13.8 Å². The Morgan fingerprint density at radius 2 is 1.22 bits per heavy atom. The maximum atomic E-state index is 2.40. The van der Waals surface area contributed by atoms with Gasteiger partial charge in [-0.15, -0.1) is 0 Å². The van der Waals surface area contributed by atoms with Gasteiger partial charge >= 0.3 is 62.4 Å². The summed E-state index contributed by atoms with van der Waals surface area (Å²) >= 11 is -1.73. The average molecular weight is 231 g/mol. The summed E-state index contributed by atoms with van der Waals surface area (Å²) in [6.45, 7) is 4.20. The first-order valence-corrected chi connectivity index (χ1v) is 12.4. The molecule has 0 aliphatic carbocycles. The standard InChI is InChI=1S/2C3H5.2CH3.Sn/c2*1-3-2;;;/h2*1,3H,2H3;2*1H3;. The molecule has 0 saturated heterocycles. The van der Waals surface area contributed by atoms with Crippen molar-refractivity contribution in [3.63, 3.8) is 0 Å². The van der Waals surface area contributed by atoms with E-state index < -0.39 is 18.4 Å². The Kier molecular flexibility index (Phi) is 4.28. The Morgan fingerprint density at radius 1 is 0.889 bits per heavy atom. The van der Waals surface area contributed by atoms with Crippen LogP contribution in [0.5, 0.6) is 0 Å². The first-order chi connectivity index (χ1) is 4.12.